The van der Waals surface area contributed by atoms with Gasteiger partial charge >= 0.3 is 0 Å². The second-order valence-electron chi connectivity index (χ2n) is 19.4. The second-order valence-corrected chi connectivity index (χ2v) is 20.6. The van der Waals surface area contributed by atoms with Gasteiger partial charge in [0, 0.05) is 47.5 Å². The number of tetrazole rings is 2. The van der Waals surface area contributed by atoms with Crippen LogP contribution in [0.1, 0.15) is 114 Å². The zero-order chi connectivity index (χ0) is 55.7. The molecule has 3 aliphatic rings. The normalized spacial score (nSPS) is 15.2. The fraction of sp³-hybridized carbons (Fsp3) is 0.355. The van der Waals surface area contributed by atoms with Crippen molar-refractivity contribution in [2.24, 2.45) is 0 Å². The van der Waals surface area contributed by atoms with Gasteiger partial charge in [-0.3, -0.25) is 9.59 Å². The van der Waals surface area contributed by atoms with Crippen LogP contribution in [-0.4, -0.2) is 120 Å². The van der Waals surface area contributed by atoms with Gasteiger partial charge in [-0.15, -0.1) is 20.4 Å². The summed E-state index contributed by atoms with van der Waals surface area (Å²) in [5.41, 5.74) is 5.30. The Morgan fingerprint density at radius 1 is 0.544 bits per heavy atom. The molecule has 0 atom stereocenters. The molecule has 0 bridgehead atoms. The number of amides is 1. The van der Waals surface area contributed by atoms with Gasteiger partial charge in [-0.2, -0.15) is 9.59 Å². The monoisotopic (exact) mass is 1120 g/mol. The van der Waals surface area contributed by atoms with E-state index in [0.717, 1.165) is 85.1 Å². The Morgan fingerprint density at radius 3 is 1.29 bits per heavy atom. The lowest BCUT2D eigenvalue weighted by atomic mass is 9.72. The zero-order valence-corrected chi connectivity index (χ0v) is 47.8. The first-order chi connectivity index (χ1) is 38.5. The van der Waals surface area contributed by atoms with Crippen LogP contribution >= 0.6 is 34.8 Å². The molecule has 0 unspecified atom stereocenters. The number of nitrogens with zero attached hydrogens (tertiary/aromatic N) is 10. The lowest BCUT2D eigenvalue weighted by molar-refractivity contribution is 0.0681. The van der Waals surface area contributed by atoms with Gasteiger partial charge < -0.3 is 19.9 Å². The predicted molar refractivity (Wildman–Crippen MR) is 315 cm³/mol. The Morgan fingerprint density at radius 2 is 0.937 bits per heavy atom. The first-order valence-electron chi connectivity index (χ1n) is 27.3. The summed E-state index contributed by atoms with van der Waals surface area (Å²) in [7, 11) is 0. The summed E-state index contributed by atoms with van der Waals surface area (Å²) in [5.74, 6) is 1.58. The summed E-state index contributed by atoms with van der Waals surface area (Å²) in [6.45, 7) is 16.4. The van der Waals surface area contributed by atoms with Crippen LogP contribution < -0.4 is 5.32 Å². The van der Waals surface area contributed by atoms with E-state index in [4.69, 9.17) is 49.7 Å². The van der Waals surface area contributed by atoms with E-state index in [1.165, 1.54) is 38.0 Å². The Kier molecular flexibility index (Phi) is 23.7. The van der Waals surface area contributed by atoms with E-state index >= 15 is 0 Å². The number of aromatic nitrogens is 8. The van der Waals surface area contributed by atoms with Gasteiger partial charge in [0.05, 0.1) is 23.9 Å². The van der Waals surface area contributed by atoms with Crippen molar-refractivity contribution in [1.82, 2.24) is 55.5 Å². The third kappa shape index (κ3) is 17.4. The van der Waals surface area contributed by atoms with E-state index in [0.29, 0.717) is 42.6 Å². The van der Waals surface area contributed by atoms with Crippen molar-refractivity contribution in [3.05, 3.63) is 225 Å². The first kappa shape index (κ1) is 60.0. The number of ether oxygens (including phenoxy) is 1. The first-order valence-corrected chi connectivity index (χ1v) is 28.5. The number of carbonyl (C=O) groups is 2. The van der Waals surface area contributed by atoms with Gasteiger partial charge in [0.2, 0.25) is 0 Å². The number of piperidine rings is 2. The molecule has 0 saturated carbocycles. The highest BCUT2D eigenvalue weighted by atomic mass is 35.5. The molecule has 0 radical (unpaired) electrons. The van der Waals surface area contributed by atoms with E-state index in [1.807, 2.05) is 114 Å². The van der Waals surface area contributed by atoms with Crippen LogP contribution in [-0.2, 0) is 28.7 Å². The van der Waals surface area contributed by atoms with Crippen LogP contribution in [0.3, 0.4) is 0 Å². The summed E-state index contributed by atoms with van der Waals surface area (Å²) in [4.78, 5) is 31.0. The molecule has 14 nitrogen and oxygen atoms in total. The largest absolute Gasteiger partial charge is 0.381 e. The molecule has 414 valence electrons. The van der Waals surface area contributed by atoms with Crippen LogP contribution in [0.4, 0.5) is 0 Å². The Balaban J connectivity index is 0.000000170. The van der Waals surface area contributed by atoms with E-state index in [2.05, 4.69) is 88.0 Å². The summed E-state index contributed by atoms with van der Waals surface area (Å²) in [6.07, 6.45) is 5.98. The molecule has 0 spiro atoms. The minimum absolute atomic E-state index is 0.0663. The highest BCUT2D eigenvalue weighted by Gasteiger charge is 2.43. The smallest absolute Gasteiger partial charge is 0.253 e. The number of nitrogens with one attached hydrogen (secondary N) is 1. The van der Waals surface area contributed by atoms with Crippen LogP contribution in [0.25, 0.3) is 0 Å². The number of carbonyl (C=O) groups excluding carboxylic acids is 2. The summed E-state index contributed by atoms with van der Waals surface area (Å²) in [6, 6.07) is 54.5. The van der Waals surface area contributed by atoms with Crippen molar-refractivity contribution in [2.75, 3.05) is 59.0 Å². The Labute approximate surface area is 480 Å². The number of rotatable bonds is 13. The summed E-state index contributed by atoms with van der Waals surface area (Å²) in [5, 5.41) is 31.5. The van der Waals surface area contributed by atoms with Gasteiger partial charge in [-0.25, -0.2) is 0 Å². The molecule has 3 aliphatic heterocycles. The molecule has 1 amide bonds. The number of halogens is 3. The van der Waals surface area contributed by atoms with Crippen LogP contribution in [0.2, 0.25) is 10.0 Å². The number of benzene rings is 6. The van der Waals surface area contributed by atoms with E-state index in [-0.39, 0.29) is 16.7 Å². The maximum atomic E-state index is 13.0. The van der Waals surface area contributed by atoms with Crippen molar-refractivity contribution in [3.63, 3.8) is 0 Å². The fourth-order valence-electron chi connectivity index (χ4n) is 9.77. The molecule has 3 fully saturated rings. The topological polar surface area (TPSA) is 149 Å². The molecule has 5 heterocycles. The average molecular weight is 1130 g/mol. The van der Waals surface area contributed by atoms with Gasteiger partial charge in [0.1, 0.15) is 0 Å². The lowest BCUT2D eigenvalue weighted by Crippen LogP contribution is -2.46. The van der Waals surface area contributed by atoms with Crippen LogP contribution in [0.15, 0.2) is 170 Å². The Hall–Kier alpha value is -6.65. The molecule has 11 rings (SSSR count). The van der Waals surface area contributed by atoms with Gasteiger partial charge in [0.25, 0.3) is 11.1 Å². The quantitative estimate of drug-likeness (QED) is 0.110. The SMILES string of the molecule is C1CCOC1.CCN(CC)CC.Clc1ccc(Cn2nnc(C3(c4ccccc4)CCNCC3)n2)cc1.O=C(Cl)c1ccccc1.O=C(c1ccccc1)N1CCC(c2ccccc2)(c2nnn(Cc3ccc(Cl)cc3)n2)CC1. The van der Waals surface area contributed by atoms with Crippen LogP contribution in [0, 0.1) is 0 Å². The Bertz CT molecular complexity index is 2990. The third-order valence-corrected chi connectivity index (χ3v) is 15.2. The minimum Gasteiger partial charge on any atom is -0.381 e. The maximum absolute atomic E-state index is 13.0. The molecule has 0 aliphatic carbocycles. The predicted octanol–water partition coefficient (Wildman–Crippen LogP) is 11.9. The fourth-order valence-corrected chi connectivity index (χ4v) is 10.1. The second kappa shape index (κ2) is 31.2. The standard InChI is InChI=1S/C26H24ClN5O.C19H20ClN5.C7H5ClO.C6H15N.C4H8O/c27-23-13-11-20(12-14-23)19-32-29-25(28-30-32)26(22-9-5-2-6-10-22)15-17-31(18-16-26)24(33)21-7-3-1-4-8-21;20-17-8-6-15(7-9-17)14-25-23-18(22-24-25)19(10-12-21-13-11-19)16-4-2-1-3-5-16;8-7(9)6-4-2-1-3-5-6;1-4-7(5-2)6-3;1-2-4-5-3-1/h1-14H,15-19H2;1-9,21H,10-14H2;1-5H;4-6H2,1-3H3;1-4H2. The van der Waals surface area contributed by atoms with Crippen molar-refractivity contribution in [1.29, 1.82) is 0 Å². The molecule has 8 aromatic rings. The molecule has 6 aromatic carbocycles. The number of hydrogen-bond donors (Lipinski definition) is 1. The van der Waals surface area contributed by atoms with E-state index in [9.17, 15) is 9.59 Å². The molecule has 17 heteroatoms. The van der Waals surface area contributed by atoms with Crippen molar-refractivity contribution in [2.45, 2.75) is 83.2 Å². The zero-order valence-electron chi connectivity index (χ0n) is 45.5. The summed E-state index contributed by atoms with van der Waals surface area (Å²) >= 11 is 17.1. The molecule has 3 saturated heterocycles. The average Bonchev–Trinajstić information content (AvgIpc) is 4.47. The molecular weight excluding hydrogens is 1050 g/mol. The van der Waals surface area contributed by atoms with Gasteiger partial charge in [-0.05, 0) is 152 Å². The molecule has 2 aromatic heterocycles. The van der Waals surface area contributed by atoms with Crippen molar-refractivity contribution >= 4 is 46.0 Å². The highest BCUT2D eigenvalue weighted by Crippen LogP contribution is 2.41. The lowest BCUT2D eigenvalue weighted by Gasteiger charge is -2.40. The van der Waals surface area contributed by atoms with Crippen molar-refractivity contribution < 1.29 is 14.3 Å². The van der Waals surface area contributed by atoms with Gasteiger partial charge in [-0.1, -0.05) is 177 Å². The molecule has 1 N–H and O–H groups in total. The minimum atomic E-state index is -0.407. The number of likely N-dealkylation sites (tertiary alicyclic amines) is 1. The van der Waals surface area contributed by atoms with Crippen molar-refractivity contribution in [3.8, 4) is 0 Å². The third-order valence-electron chi connectivity index (χ3n) is 14.4. The van der Waals surface area contributed by atoms with Crippen LogP contribution in [0.5, 0.6) is 0 Å². The molecule has 79 heavy (non-hydrogen) atoms. The van der Waals surface area contributed by atoms with E-state index < -0.39 is 5.24 Å². The van der Waals surface area contributed by atoms with Gasteiger partial charge in [0.15, 0.2) is 11.6 Å². The highest BCUT2D eigenvalue weighted by molar-refractivity contribution is 6.67. The number of hydrogen-bond acceptors (Lipinski definition) is 11. The summed E-state index contributed by atoms with van der Waals surface area (Å²) < 4.78 is 4.94. The molecular formula is C62H72Cl3N11O3. The maximum Gasteiger partial charge on any atom is 0.253 e. The van der Waals surface area contributed by atoms with E-state index in [1.54, 1.807) is 33.9 Å².